The Morgan fingerprint density at radius 1 is 0.982 bits per heavy atom. The number of anilines is 2. The summed E-state index contributed by atoms with van der Waals surface area (Å²) in [6, 6.07) is 19.0. The van der Waals surface area contributed by atoms with Crippen molar-refractivity contribution in [2.24, 2.45) is 0 Å². The van der Waals surface area contributed by atoms with Gasteiger partial charge in [-0.15, -0.1) is 0 Å². The van der Waals surface area contributed by atoms with Gasteiger partial charge in [0.15, 0.2) is 11.4 Å². The number of aromatic carboxylic acids is 1. The summed E-state index contributed by atoms with van der Waals surface area (Å²) in [5.41, 5.74) is 14.6. The number of fused-ring (bicyclic) bond motifs is 3. The van der Waals surface area contributed by atoms with Gasteiger partial charge in [0.05, 0.1) is 18.7 Å². The fourth-order valence-electron chi connectivity index (χ4n) is 7.86. The van der Waals surface area contributed by atoms with E-state index in [0.717, 1.165) is 59.7 Å². The van der Waals surface area contributed by atoms with Crippen LogP contribution in [-0.2, 0) is 13.2 Å². The number of nitrogens with two attached hydrogens (primary N) is 1. The summed E-state index contributed by atoms with van der Waals surface area (Å²) < 4.78 is 8.30. The lowest BCUT2D eigenvalue weighted by molar-refractivity contribution is -0.582. The van der Waals surface area contributed by atoms with Crippen molar-refractivity contribution in [1.29, 1.82) is 0 Å². The molecule has 2 aliphatic heterocycles. The fourth-order valence-corrected chi connectivity index (χ4v) is 10.9. The van der Waals surface area contributed by atoms with Gasteiger partial charge < -0.3 is 35.6 Å². The van der Waals surface area contributed by atoms with Gasteiger partial charge in [-0.2, -0.15) is 9.97 Å². The maximum atomic E-state index is 13.8. The van der Waals surface area contributed by atoms with Gasteiger partial charge in [0.1, 0.15) is 33.3 Å². The first-order valence-corrected chi connectivity index (χ1v) is 22.0. The molecule has 3 aromatic carbocycles. The molecule has 0 atom stereocenters. The van der Waals surface area contributed by atoms with Crippen LogP contribution in [0.15, 0.2) is 96.0 Å². The number of nitrogens with zero attached hydrogens (tertiary/aromatic N) is 5. The van der Waals surface area contributed by atoms with Crippen molar-refractivity contribution in [3.8, 4) is 5.88 Å². The lowest BCUT2D eigenvalue weighted by atomic mass is 9.86. The Bertz CT molecular complexity index is 2520. The molecule has 8 rings (SSSR count). The van der Waals surface area contributed by atoms with Crippen LogP contribution in [0.3, 0.4) is 0 Å². The summed E-state index contributed by atoms with van der Waals surface area (Å²) in [7, 11) is -2.28. The number of hydrogen-bond acceptors (Lipinski definition) is 9. The summed E-state index contributed by atoms with van der Waals surface area (Å²) in [6.45, 7) is 13.4. The number of nitrogens with one attached hydrogen (secondary N) is 2. The zero-order chi connectivity index (χ0) is 39.1. The third-order valence-electron chi connectivity index (χ3n) is 11.1. The Hall–Kier alpha value is -6.34. The van der Waals surface area contributed by atoms with E-state index in [1.54, 1.807) is 12.1 Å². The lowest BCUT2D eigenvalue weighted by Crippen LogP contribution is -2.50. The maximum absolute atomic E-state index is 13.8. The summed E-state index contributed by atoms with van der Waals surface area (Å²) in [6.07, 6.45) is 9.30. The van der Waals surface area contributed by atoms with Crippen molar-refractivity contribution in [2.75, 3.05) is 36.8 Å². The number of carbonyl (C=O) groups is 2. The molecule has 1 saturated heterocycles. The third kappa shape index (κ3) is 6.68. The van der Waals surface area contributed by atoms with E-state index in [1.165, 1.54) is 34.9 Å². The van der Waals surface area contributed by atoms with Gasteiger partial charge in [0, 0.05) is 48.6 Å². The predicted octanol–water partition coefficient (Wildman–Crippen LogP) is 4.28. The van der Waals surface area contributed by atoms with Crippen molar-refractivity contribution >= 4 is 59.2 Å². The second kappa shape index (κ2) is 14.7. The van der Waals surface area contributed by atoms with Crippen LogP contribution >= 0.6 is 0 Å². The molecule has 1 aliphatic carbocycles. The van der Waals surface area contributed by atoms with Crippen molar-refractivity contribution in [3.05, 3.63) is 129 Å². The molecule has 5 aromatic rings. The molecule has 1 amide bonds. The van der Waals surface area contributed by atoms with E-state index in [4.69, 9.17) is 10.5 Å². The molecule has 4 heterocycles. The second-order valence-corrected chi connectivity index (χ2v) is 19.1. The number of amides is 1. The molecule has 284 valence electrons. The fraction of sp³-hybridized carbons (Fsp3) is 0.256. The van der Waals surface area contributed by atoms with Gasteiger partial charge in [-0.25, -0.2) is 9.56 Å². The Morgan fingerprint density at radius 2 is 1.75 bits per heavy atom. The molecule has 1 fully saturated rings. The predicted molar refractivity (Wildman–Crippen MR) is 219 cm³/mol. The minimum atomic E-state index is -2.28. The van der Waals surface area contributed by atoms with Crippen LogP contribution in [0, 0.1) is 0 Å². The molecule has 0 saturated carbocycles. The van der Waals surface area contributed by atoms with Gasteiger partial charge in [-0.3, -0.25) is 4.79 Å². The van der Waals surface area contributed by atoms with E-state index in [-0.39, 0.29) is 30.6 Å². The van der Waals surface area contributed by atoms with Crippen LogP contribution in [0.2, 0.25) is 13.1 Å². The first-order valence-electron chi connectivity index (χ1n) is 19.0. The average Bonchev–Trinajstić information content (AvgIpc) is 3.65. The van der Waals surface area contributed by atoms with E-state index in [1.807, 2.05) is 24.3 Å². The first-order chi connectivity index (χ1) is 27.0. The van der Waals surface area contributed by atoms with Gasteiger partial charge in [-0.05, 0) is 88.0 Å². The number of carboxylic acids is 1. The van der Waals surface area contributed by atoms with Crippen molar-refractivity contribution in [2.45, 2.75) is 46.5 Å². The van der Waals surface area contributed by atoms with Crippen molar-refractivity contribution in [3.63, 3.8) is 0 Å². The highest BCUT2D eigenvalue weighted by atomic mass is 28.3. The summed E-state index contributed by atoms with van der Waals surface area (Å²) in [5.74, 6) is -1.21. The number of allylic oxidation sites excluding steroid dienone is 5. The molecular weight excluding hydrogens is 721 g/mol. The number of imidazole rings is 1. The topological polar surface area (TPSA) is 165 Å². The molecule has 0 spiro atoms. The number of H-pyrrole nitrogens is 1. The van der Waals surface area contributed by atoms with E-state index in [9.17, 15) is 14.7 Å². The van der Waals surface area contributed by atoms with Crippen molar-refractivity contribution < 1.29 is 24.0 Å². The van der Waals surface area contributed by atoms with Gasteiger partial charge in [0.25, 0.3) is 5.91 Å². The number of aromatic nitrogens is 4. The van der Waals surface area contributed by atoms with Crippen LogP contribution in [-0.4, -0.2) is 76.4 Å². The van der Waals surface area contributed by atoms with Gasteiger partial charge in [-0.1, -0.05) is 49.5 Å². The number of benzene rings is 3. The number of ether oxygens (including phenoxy) is 1. The smallest absolute Gasteiger partial charge is 0.251 e. The molecule has 0 bridgehead atoms. The van der Waals surface area contributed by atoms with Crippen LogP contribution in [0.4, 0.5) is 11.6 Å². The van der Waals surface area contributed by atoms with E-state index in [0.29, 0.717) is 28.2 Å². The number of nitrogen functional groups attached to an aromatic ring is 1. The normalized spacial score (nSPS) is 15.5. The molecule has 0 unspecified atom stereocenters. The molecule has 3 aliphatic rings. The Balaban J connectivity index is 1.09. The monoisotopic (exact) mass is 764 g/mol. The Labute approximate surface area is 326 Å². The minimum absolute atomic E-state index is 0.0465. The summed E-state index contributed by atoms with van der Waals surface area (Å²) in [5, 5.41) is 18.3. The largest absolute Gasteiger partial charge is 0.545 e. The van der Waals surface area contributed by atoms with Crippen LogP contribution in [0.1, 0.15) is 63.2 Å². The zero-order valence-electron chi connectivity index (χ0n) is 32.0. The molecular formula is C43H44N8O4Si. The molecule has 56 heavy (non-hydrogen) atoms. The van der Waals surface area contributed by atoms with E-state index < -0.39 is 14.0 Å². The highest BCUT2D eigenvalue weighted by molar-refractivity contribution is 6.98. The van der Waals surface area contributed by atoms with Crippen LogP contribution in [0.25, 0.3) is 16.7 Å². The molecule has 0 radical (unpaired) electrons. The number of hydrogen-bond donors (Lipinski definition) is 3. The third-order valence-corrected chi connectivity index (χ3v) is 14.7. The van der Waals surface area contributed by atoms with E-state index in [2.05, 4.69) is 98.1 Å². The molecule has 4 N–H and O–H groups in total. The number of carbonyl (C=O) groups excluding carboxylic acids is 2. The van der Waals surface area contributed by atoms with E-state index >= 15 is 0 Å². The highest BCUT2D eigenvalue weighted by Crippen LogP contribution is 2.43. The number of rotatable bonds is 11. The van der Waals surface area contributed by atoms with Gasteiger partial charge >= 0.3 is 0 Å². The minimum Gasteiger partial charge on any atom is -0.545 e. The lowest BCUT2D eigenvalue weighted by Gasteiger charge is -2.39. The van der Waals surface area contributed by atoms with Crippen LogP contribution in [0.5, 0.6) is 5.88 Å². The zero-order valence-corrected chi connectivity index (χ0v) is 33.0. The summed E-state index contributed by atoms with van der Waals surface area (Å²) in [4.78, 5) is 44.3. The quantitative estimate of drug-likeness (QED) is 0.132. The number of aromatic amines is 1. The molecule has 12 nitrogen and oxygen atoms in total. The molecule has 2 aromatic heterocycles. The highest BCUT2D eigenvalue weighted by Gasteiger charge is 2.41. The maximum Gasteiger partial charge on any atom is 0.251 e. The number of carboxylic acid groups (broad SMARTS) is 1. The molecule has 13 heteroatoms. The second-order valence-electron chi connectivity index (χ2n) is 14.8. The Kier molecular flexibility index (Phi) is 9.62. The van der Waals surface area contributed by atoms with Crippen molar-refractivity contribution in [1.82, 2.24) is 25.3 Å². The Morgan fingerprint density at radius 3 is 2.46 bits per heavy atom. The summed E-state index contributed by atoms with van der Waals surface area (Å²) >= 11 is 0. The average molecular weight is 765 g/mol. The first kappa shape index (κ1) is 36.6. The van der Waals surface area contributed by atoms with Gasteiger partial charge in [0.2, 0.25) is 11.8 Å². The SMILES string of the molecule is CCN(CC)c1ccc2c(c1)[Si](C)(C)C1=CC(=[N+]3CCC3)C=CC1=C2c1cc(C(=O)NCc2ccc(COc3nc(N)nc4nc[nH]c34)cc2)ccc1C(=O)[O-]. The van der Waals surface area contributed by atoms with Crippen LogP contribution < -0.4 is 31.0 Å². The standard InChI is InChI=1S/C43H44N8O4Si/c1-5-50(6-2)29-13-16-32-35(21-29)56(3,4)36-22-30(51-18-7-19-51)14-17-33(36)37(32)34-20-28(12-15-31(34)42(53)54)40(52)45-23-26-8-10-27(11-9-26)24-55-41-38-39(47-25-46-38)48-43(44)49-41/h8-17,20-22,25H,5-7,18-19,23-24H2,1-4H3,(H4-,44,45,46,47,48,49,52,53,54).